The number of nitrogens with one attached hydrogen (secondary N) is 1. The fourth-order valence-corrected chi connectivity index (χ4v) is 4.89. The first-order chi connectivity index (χ1) is 14.9. The number of rotatable bonds is 6. The Balaban J connectivity index is 1.43. The maximum absolute atomic E-state index is 13.0. The number of halogens is 1. The van der Waals surface area contributed by atoms with E-state index in [1.54, 1.807) is 6.07 Å². The normalized spacial score (nSPS) is 14.0. The van der Waals surface area contributed by atoms with E-state index in [0.717, 1.165) is 55.2 Å². The van der Waals surface area contributed by atoms with Gasteiger partial charge in [-0.25, -0.2) is 12.8 Å². The van der Waals surface area contributed by atoms with Crippen LogP contribution >= 0.6 is 0 Å². The Morgan fingerprint density at radius 1 is 1.06 bits per heavy atom. The van der Waals surface area contributed by atoms with Gasteiger partial charge in [0.25, 0.3) is 0 Å². The molecular weight excluding hydrogens is 419 g/mol. The summed E-state index contributed by atoms with van der Waals surface area (Å²) in [5.74, 6) is 0.464. The molecule has 0 spiro atoms. The minimum absolute atomic E-state index is 0.00352. The van der Waals surface area contributed by atoms with Gasteiger partial charge in [-0.3, -0.25) is 4.79 Å². The Labute approximate surface area is 180 Å². The monoisotopic (exact) mass is 442 g/mol. The van der Waals surface area contributed by atoms with Crippen LogP contribution in [0.5, 0.6) is 0 Å². The van der Waals surface area contributed by atoms with Crippen LogP contribution in [0.1, 0.15) is 31.5 Å². The number of anilines is 1. The van der Waals surface area contributed by atoms with E-state index < -0.39 is 21.6 Å². The highest BCUT2D eigenvalue weighted by Gasteiger charge is 2.18. The first-order valence-electron chi connectivity index (χ1n) is 10.2. The molecule has 3 aromatic rings. The van der Waals surface area contributed by atoms with Crippen LogP contribution in [0.25, 0.3) is 11.4 Å². The van der Waals surface area contributed by atoms with E-state index in [1.165, 1.54) is 18.6 Å². The van der Waals surface area contributed by atoms with Crippen molar-refractivity contribution in [2.45, 2.75) is 43.5 Å². The molecule has 0 saturated carbocycles. The molecule has 162 valence electrons. The molecule has 0 unspecified atom stereocenters. The molecule has 1 aliphatic heterocycles. The predicted molar refractivity (Wildman–Crippen MR) is 115 cm³/mol. The van der Waals surface area contributed by atoms with Crippen molar-refractivity contribution in [3.63, 3.8) is 0 Å². The van der Waals surface area contributed by atoms with Gasteiger partial charge in [-0.1, -0.05) is 18.6 Å². The van der Waals surface area contributed by atoms with Crippen molar-refractivity contribution in [2.75, 3.05) is 11.1 Å². The van der Waals surface area contributed by atoms with Gasteiger partial charge in [0.1, 0.15) is 11.6 Å². The van der Waals surface area contributed by atoms with Gasteiger partial charge in [0.2, 0.25) is 5.91 Å². The summed E-state index contributed by atoms with van der Waals surface area (Å²) in [4.78, 5) is 12.3. The van der Waals surface area contributed by atoms with Crippen molar-refractivity contribution in [3.05, 3.63) is 60.2 Å². The van der Waals surface area contributed by atoms with Gasteiger partial charge in [0.05, 0.1) is 10.6 Å². The molecule has 7 nitrogen and oxygen atoms in total. The lowest BCUT2D eigenvalue weighted by atomic mass is 10.2. The minimum atomic E-state index is -3.67. The molecule has 0 bridgehead atoms. The third-order valence-corrected chi connectivity index (χ3v) is 7.02. The number of hydrogen-bond donors (Lipinski definition) is 1. The summed E-state index contributed by atoms with van der Waals surface area (Å²) in [7, 11) is -3.67. The highest BCUT2D eigenvalue weighted by atomic mass is 32.2. The SMILES string of the molecule is O=C(CCS(=O)(=O)c1ccc(F)cc1)Nc1cccc(-c2nnc3n2CCCCC3)c1. The fourth-order valence-electron chi connectivity index (χ4n) is 3.64. The van der Waals surface area contributed by atoms with Gasteiger partial charge in [0, 0.05) is 30.6 Å². The Bertz CT molecular complexity index is 1190. The maximum Gasteiger partial charge on any atom is 0.225 e. The molecule has 2 aromatic carbocycles. The zero-order valence-electron chi connectivity index (χ0n) is 16.9. The Hall–Kier alpha value is -3.07. The second-order valence-corrected chi connectivity index (χ2v) is 9.66. The zero-order chi connectivity index (χ0) is 21.8. The predicted octanol–water partition coefficient (Wildman–Crippen LogP) is 3.61. The van der Waals surface area contributed by atoms with Crippen molar-refractivity contribution >= 4 is 21.4 Å². The van der Waals surface area contributed by atoms with Gasteiger partial charge >= 0.3 is 0 Å². The Morgan fingerprint density at radius 3 is 2.68 bits per heavy atom. The zero-order valence-corrected chi connectivity index (χ0v) is 17.7. The number of amides is 1. The first-order valence-corrected chi connectivity index (χ1v) is 11.9. The van der Waals surface area contributed by atoms with E-state index in [9.17, 15) is 17.6 Å². The molecule has 0 aliphatic carbocycles. The summed E-state index contributed by atoms with van der Waals surface area (Å²) in [5, 5.41) is 11.4. The third-order valence-electron chi connectivity index (χ3n) is 5.28. The Kier molecular flexibility index (Phi) is 6.13. The van der Waals surface area contributed by atoms with Gasteiger partial charge in [-0.2, -0.15) is 0 Å². The van der Waals surface area contributed by atoms with Crippen LogP contribution in [-0.2, 0) is 27.6 Å². The molecule has 1 N–H and O–H groups in total. The molecule has 2 heterocycles. The van der Waals surface area contributed by atoms with E-state index in [1.807, 2.05) is 18.2 Å². The van der Waals surface area contributed by atoms with Gasteiger partial charge < -0.3 is 9.88 Å². The molecule has 31 heavy (non-hydrogen) atoms. The minimum Gasteiger partial charge on any atom is -0.326 e. The lowest BCUT2D eigenvalue weighted by molar-refractivity contribution is -0.115. The van der Waals surface area contributed by atoms with Gasteiger partial charge in [-0.05, 0) is 49.2 Å². The standard InChI is InChI=1S/C22H23FN4O3S/c23-17-8-10-19(11-9-17)31(29,30)14-12-21(28)24-18-6-4-5-16(15-18)22-26-25-20-7-2-1-3-13-27(20)22/h4-6,8-11,15H,1-3,7,12-14H2,(H,24,28). The highest BCUT2D eigenvalue weighted by molar-refractivity contribution is 7.91. The largest absolute Gasteiger partial charge is 0.326 e. The second kappa shape index (κ2) is 8.97. The van der Waals surface area contributed by atoms with Gasteiger partial charge in [0.15, 0.2) is 15.7 Å². The van der Waals surface area contributed by atoms with Crippen LogP contribution < -0.4 is 5.32 Å². The van der Waals surface area contributed by atoms with Crippen molar-refractivity contribution in [3.8, 4) is 11.4 Å². The number of fused-ring (bicyclic) bond motifs is 1. The number of aryl methyl sites for hydroxylation is 1. The van der Waals surface area contributed by atoms with Crippen molar-refractivity contribution in [2.24, 2.45) is 0 Å². The number of carbonyl (C=O) groups excluding carboxylic acids is 1. The molecule has 1 amide bonds. The second-order valence-electron chi connectivity index (χ2n) is 7.55. The summed E-state index contributed by atoms with van der Waals surface area (Å²) >= 11 is 0. The topological polar surface area (TPSA) is 93.9 Å². The van der Waals surface area contributed by atoms with Crippen LogP contribution in [0.15, 0.2) is 53.4 Å². The number of benzene rings is 2. The van der Waals surface area contributed by atoms with Gasteiger partial charge in [-0.15, -0.1) is 10.2 Å². The summed E-state index contributed by atoms with van der Waals surface area (Å²) < 4.78 is 39.8. The molecule has 1 aliphatic rings. The van der Waals surface area contributed by atoms with Crippen LogP contribution in [0, 0.1) is 5.82 Å². The number of nitrogens with zero attached hydrogens (tertiary/aromatic N) is 3. The average molecular weight is 443 g/mol. The first kappa shape index (κ1) is 21.2. The molecule has 0 radical (unpaired) electrons. The molecule has 0 atom stereocenters. The molecular formula is C22H23FN4O3S. The smallest absolute Gasteiger partial charge is 0.225 e. The third kappa shape index (κ3) is 4.99. The molecule has 0 fully saturated rings. The van der Waals surface area contributed by atoms with Crippen LogP contribution in [-0.4, -0.2) is 34.8 Å². The van der Waals surface area contributed by atoms with Crippen LogP contribution in [0.4, 0.5) is 10.1 Å². The lowest BCUT2D eigenvalue weighted by Crippen LogP contribution is -2.17. The van der Waals surface area contributed by atoms with E-state index in [-0.39, 0.29) is 17.1 Å². The van der Waals surface area contributed by atoms with E-state index in [0.29, 0.717) is 5.69 Å². The lowest BCUT2D eigenvalue weighted by Gasteiger charge is -2.10. The number of carbonyl (C=O) groups is 1. The van der Waals surface area contributed by atoms with Crippen LogP contribution in [0.2, 0.25) is 0 Å². The van der Waals surface area contributed by atoms with Crippen LogP contribution in [0.3, 0.4) is 0 Å². The fraction of sp³-hybridized carbons (Fsp3) is 0.318. The van der Waals surface area contributed by atoms with Crippen molar-refractivity contribution < 1.29 is 17.6 Å². The summed E-state index contributed by atoms with van der Waals surface area (Å²) in [5.41, 5.74) is 1.41. The summed E-state index contributed by atoms with van der Waals surface area (Å²) in [6.45, 7) is 0.871. The van der Waals surface area contributed by atoms with E-state index >= 15 is 0 Å². The molecule has 1 aromatic heterocycles. The maximum atomic E-state index is 13.0. The summed E-state index contributed by atoms with van der Waals surface area (Å²) in [6.07, 6.45) is 4.06. The number of sulfone groups is 1. The number of aromatic nitrogens is 3. The molecule has 4 rings (SSSR count). The van der Waals surface area contributed by atoms with Crippen molar-refractivity contribution in [1.82, 2.24) is 14.8 Å². The van der Waals surface area contributed by atoms with Crippen molar-refractivity contribution in [1.29, 1.82) is 0 Å². The molecule has 0 saturated heterocycles. The molecule has 9 heteroatoms. The number of hydrogen-bond acceptors (Lipinski definition) is 5. The van der Waals surface area contributed by atoms with E-state index in [4.69, 9.17) is 0 Å². The summed E-state index contributed by atoms with van der Waals surface area (Å²) in [6, 6.07) is 11.9. The quantitative estimate of drug-likeness (QED) is 0.589. The van der Waals surface area contributed by atoms with E-state index in [2.05, 4.69) is 20.1 Å². The average Bonchev–Trinajstić information content (AvgIpc) is 3.01. The highest BCUT2D eigenvalue weighted by Crippen LogP contribution is 2.25. The Morgan fingerprint density at radius 2 is 1.87 bits per heavy atom.